The van der Waals surface area contributed by atoms with Gasteiger partial charge in [0.25, 0.3) is 11.8 Å². The van der Waals surface area contributed by atoms with Crippen LogP contribution in [-0.2, 0) is 0 Å². The zero-order chi connectivity index (χ0) is 19.0. The van der Waals surface area contributed by atoms with Crippen LogP contribution >= 0.6 is 11.3 Å². The van der Waals surface area contributed by atoms with Crippen molar-refractivity contribution in [2.75, 3.05) is 12.4 Å². The molecule has 1 aromatic heterocycles. The molecule has 0 saturated heterocycles. The van der Waals surface area contributed by atoms with Crippen LogP contribution in [0.2, 0.25) is 0 Å². The molecule has 0 saturated carbocycles. The monoisotopic (exact) mass is 373 g/mol. The number of carbonyl (C=O) groups is 2. The third kappa shape index (κ3) is 3.11. The van der Waals surface area contributed by atoms with Crippen molar-refractivity contribution in [3.05, 3.63) is 51.8 Å². The third-order valence-corrected chi connectivity index (χ3v) is 4.89. The number of hydrogen-bond donors (Lipinski definition) is 2. The van der Waals surface area contributed by atoms with Crippen molar-refractivity contribution in [1.82, 2.24) is 4.98 Å². The quantitative estimate of drug-likeness (QED) is 0.733. The summed E-state index contributed by atoms with van der Waals surface area (Å²) in [5.41, 5.74) is 6.57. The molecular weight excluding hydrogens is 357 g/mol. The van der Waals surface area contributed by atoms with E-state index in [0.717, 1.165) is 11.1 Å². The fraction of sp³-hybridized carbons (Fsp3) is 0.167. The van der Waals surface area contributed by atoms with Gasteiger partial charge in [-0.15, -0.1) is 11.3 Å². The average Bonchev–Trinajstić information content (AvgIpc) is 2.96. The van der Waals surface area contributed by atoms with Crippen LogP contribution in [0.4, 0.5) is 10.1 Å². The van der Waals surface area contributed by atoms with Crippen molar-refractivity contribution in [2.45, 2.75) is 13.8 Å². The van der Waals surface area contributed by atoms with E-state index in [1.807, 2.05) is 6.92 Å². The normalized spacial score (nSPS) is 10.8. The van der Waals surface area contributed by atoms with Crippen molar-refractivity contribution >= 4 is 39.1 Å². The highest BCUT2D eigenvalue weighted by Crippen LogP contribution is 2.33. The highest BCUT2D eigenvalue weighted by atomic mass is 32.1. The van der Waals surface area contributed by atoms with Crippen molar-refractivity contribution < 1.29 is 18.7 Å². The van der Waals surface area contributed by atoms with Crippen LogP contribution in [0.1, 0.15) is 31.3 Å². The van der Waals surface area contributed by atoms with Gasteiger partial charge in [0.05, 0.1) is 33.6 Å². The van der Waals surface area contributed by atoms with E-state index in [4.69, 9.17) is 10.5 Å². The first-order valence-electron chi connectivity index (χ1n) is 7.67. The van der Waals surface area contributed by atoms with E-state index in [2.05, 4.69) is 10.3 Å². The second-order valence-corrected chi connectivity index (χ2v) is 6.89. The van der Waals surface area contributed by atoms with Crippen LogP contribution in [-0.4, -0.2) is 23.9 Å². The molecule has 3 N–H and O–H groups in total. The fourth-order valence-corrected chi connectivity index (χ4v) is 3.60. The van der Waals surface area contributed by atoms with E-state index in [-0.39, 0.29) is 22.4 Å². The first-order valence-corrected chi connectivity index (χ1v) is 8.49. The topological polar surface area (TPSA) is 94.3 Å². The Bertz CT molecular complexity index is 1050. The van der Waals surface area contributed by atoms with Gasteiger partial charge in [0.1, 0.15) is 17.1 Å². The summed E-state index contributed by atoms with van der Waals surface area (Å²) in [7, 11) is 1.45. The average molecular weight is 373 g/mol. The van der Waals surface area contributed by atoms with Crippen molar-refractivity contribution in [3.63, 3.8) is 0 Å². The van der Waals surface area contributed by atoms with Crippen LogP contribution in [0, 0.1) is 19.7 Å². The molecular formula is C18H16FN3O3S. The van der Waals surface area contributed by atoms with Crippen LogP contribution in [0.3, 0.4) is 0 Å². The third-order valence-electron chi connectivity index (χ3n) is 3.89. The number of carbonyl (C=O) groups excluding carboxylic acids is 2. The van der Waals surface area contributed by atoms with Gasteiger partial charge in [-0.25, -0.2) is 9.37 Å². The number of anilines is 1. The first-order chi connectivity index (χ1) is 12.3. The summed E-state index contributed by atoms with van der Waals surface area (Å²) in [4.78, 5) is 28.9. The number of rotatable bonds is 4. The lowest BCUT2D eigenvalue weighted by Gasteiger charge is -2.13. The van der Waals surface area contributed by atoms with Crippen LogP contribution in [0.5, 0.6) is 5.75 Å². The lowest BCUT2D eigenvalue weighted by atomic mass is 10.1. The molecule has 0 bridgehead atoms. The zero-order valence-corrected chi connectivity index (χ0v) is 15.2. The summed E-state index contributed by atoms with van der Waals surface area (Å²) in [5.74, 6) is -1.50. The van der Waals surface area contributed by atoms with Gasteiger partial charge in [-0.1, -0.05) is 0 Å². The molecule has 6 nitrogen and oxygen atoms in total. The van der Waals surface area contributed by atoms with Gasteiger partial charge >= 0.3 is 0 Å². The van der Waals surface area contributed by atoms with Crippen molar-refractivity contribution in [1.29, 1.82) is 0 Å². The van der Waals surface area contributed by atoms with Crippen LogP contribution < -0.4 is 15.8 Å². The maximum atomic E-state index is 13.9. The number of amides is 2. The lowest BCUT2D eigenvalue weighted by Crippen LogP contribution is -2.19. The lowest BCUT2D eigenvalue weighted by molar-refractivity contribution is 0.100. The number of nitrogens with zero attached hydrogens (tertiary/aromatic N) is 1. The Balaban J connectivity index is 2.11. The molecule has 0 aliphatic heterocycles. The van der Waals surface area contributed by atoms with Gasteiger partial charge in [-0.2, -0.15) is 0 Å². The van der Waals surface area contributed by atoms with Gasteiger partial charge in [-0.05, 0) is 43.7 Å². The number of nitrogens with one attached hydrogen (secondary N) is 1. The molecule has 0 spiro atoms. The number of primary amides is 1. The summed E-state index contributed by atoms with van der Waals surface area (Å²) >= 11 is 1.35. The molecule has 3 rings (SSSR count). The molecule has 0 aliphatic rings. The number of nitrogens with two attached hydrogens (primary N) is 1. The Hall–Kier alpha value is -3.00. The van der Waals surface area contributed by atoms with Gasteiger partial charge in [0.2, 0.25) is 0 Å². The number of methoxy groups -OCH3 is 1. The maximum absolute atomic E-state index is 13.9. The van der Waals surface area contributed by atoms with E-state index in [9.17, 15) is 14.0 Å². The number of hydrogen-bond acceptors (Lipinski definition) is 5. The zero-order valence-electron chi connectivity index (χ0n) is 14.3. The molecule has 0 aliphatic carbocycles. The number of fused-ring (bicyclic) bond motifs is 1. The molecule has 0 atom stereocenters. The molecule has 2 amide bonds. The highest BCUT2D eigenvalue weighted by molar-refractivity contribution is 7.19. The first kappa shape index (κ1) is 17.8. The van der Waals surface area contributed by atoms with Gasteiger partial charge in [0.15, 0.2) is 0 Å². The molecule has 26 heavy (non-hydrogen) atoms. The Labute approximate surface area is 152 Å². The molecule has 0 unspecified atom stereocenters. The minimum atomic E-state index is -0.762. The van der Waals surface area contributed by atoms with Gasteiger partial charge < -0.3 is 15.8 Å². The fourth-order valence-electron chi connectivity index (χ4n) is 2.64. The minimum Gasteiger partial charge on any atom is -0.496 e. The van der Waals surface area contributed by atoms with Crippen molar-refractivity contribution in [2.24, 2.45) is 5.73 Å². The Morgan fingerprint density at radius 1 is 1.27 bits per heavy atom. The van der Waals surface area contributed by atoms with E-state index < -0.39 is 17.6 Å². The molecule has 134 valence electrons. The van der Waals surface area contributed by atoms with E-state index in [1.165, 1.54) is 31.4 Å². The van der Waals surface area contributed by atoms with Gasteiger partial charge in [-0.3, -0.25) is 9.59 Å². The molecule has 0 fully saturated rings. The number of thiazole rings is 1. The van der Waals surface area contributed by atoms with Crippen LogP contribution in [0.25, 0.3) is 10.2 Å². The predicted molar refractivity (Wildman–Crippen MR) is 98.5 cm³/mol. The Morgan fingerprint density at radius 3 is 2.65 bits per heavy atom. The SMILES string of the molecule is COc1ccc2nc(C)sc2c1C(=O)Nc1cc(F)c(C)cc1C(N)=O. The number of ether oxygens (including phenoxy) is 1. The summed E-state index contributed by atoms with van der Waals surface area (Å²) in [6.45, 7) is 3.34. The smallest absolute Gasteiger partial charge is 0.260 e. The second kappa shape index (κ2) is 6.72. The summed E-state index contributed by atoms with van der Waals surface area (Å²) in [5, 5.41) is 3.36. The summed E-state index contributed by atoms with van der Waals surface area (Å²) < 4.78 is 19.9. The predicted octanol–water partition coefficient (Wildman–Crippen LogP) is 3.41. The standard InChI is InChI=1S/C18H16FN3O3S/c1-8-6-10(17(20)23)13(7-11(8)19)22-18(24)15-14(25-3)5-4-12-16(15)26-9(2)21-12/h4-7H,1-3H3,(H2,20,23)(H,22,24). The van der Waals surface area contributed by atoms with Gasteiger partial charge in [0, 0.05) is 0 Å². The Morgan fingerprint density at radius 2 is 2.00 bits per heavy atom. The molecule has 2 aromatic carbocycles. The minimum absolute atomic E-state index is 0.00546. The molecule has 8 heteroatoms. The van der Waals surface area contributed by atoms with E-state index >= 15 is 0 Å². The van der Waals surface area contributed by atoms with E-state index in [0.29, 0.717) is 16.0 Å². The second-order valence-electron chi connectivity index (χ2n) is 5.69. The molecule has 1 heterocycles. The molecule has 3 aromatic rings. The summed E-state index contributed by atoms with van der Waals surface area (Å²) in [6.07, 6.45) is 0. The number of aromatic nitrogens is 1. The number of benzene rings is 2. The highest BCUT2D eigenvalue weighted by Gasteiger charge is 2.21. The number of aryl methyl sites for hydroxylation is 2. The van der Waals surface area contributed by atoms with Crippen LogP contribution in [0.15, 0.2) is 24.3 Å². The van der Waals surface area contributed by atoms with Crippen molar-refractivity contribution in [3.8, 4) is 5.75 Å². The maximum Gasteiger partial charge on any atom is 0.260 e. The van der Waals surface area contributed by atoms with E-state index in [1.54, 1.807) is 12.1 Å². The Kier molecular flexibility index (Phi) is 4.60. The molecule has 0 radical (unpaired) electrons. The largest absolute Gasteiger partial charge is 0.496 e. The summed E-state index contributed by atoms with van der Waals surface area (Å²) in [6, 6.07) is 5.79. The number of halogens is 1.